The summed E-state index contributed by atoms with van der Waals surface area (Å²) in [6, 6.07) is 0.349. The first-order valence-electron chi connectivity index (χ1n) is 11.4. The highest BCUT2D eigenvalue weighted by Gasteiger charge is 2.55. The minimum absolute atomic E-state index is 0.0198. The van der Waals surface area contributed by atoms with Crippen LogP contribution in [0.4, 0.5) is 18.0 Å². The lowest BCUT2D eigenvalue weighted by Gasteiger charge is -2.59. The zero-order valence-corrected chi connectivity index (χ0v) is 18.3. The summed E-state index contributed by atoms with van der Waals surface area (Å²) in [6.07, 6.45) is 2.71. The summed E-state index contributed by atoms with van der Waals surface area (Å²) >= 11 is 0. The number of urea groups is 1. The van der Waals surface area contributed by atoms with Crippen molar-refractivity contribution in [3.8, 4) is 5.75 Å². The van der Waals surface area contributed by atoms with Crippen molar-refractivity contribution in [3.63, 3.8) is 0 Å². The fourth-order valence-electron chi connectivity index (χ4n) is 5.11. The molecule has 2 aliphatic carbocycles. The van der Waals surface area contributed by atoms with E-state index in [0.29, 0.717) is 25.0 Å². The Labute approximate surface area is 188 Å². The van der Waals surface area contributed by atoms with Crippen LogP contribution in [0.15, 0.2) is 18.7 Å². The molecule has 0 N–H and O–H groups in total. The zero-order valence-electron chi connectivity index (χ0n) is 18.3. The molecule has 4 heterocycles. The monoisotopic (exact) mass is 465 g/mol. The van der Waals surface area contributed by atoms with E-state index in [1.807, 2.05) is 15.9 Å². The highest BCUT2D eigenvalue weighted by Crippen LogP contribution is 2.54. The van der Waals surface area contributed by atoms with Gasteiger partial charge in [0.2, 0.25) is 0 Å². The molecule has 33 heavy (non-hydrogen) atoms. The largest absolute Gasteiger partial charge is 0.478 e. The zero-order chi connectivity index (χ0) is 23.0. The van der Waals surface area contributed by atoms with Crippen LogP contribution < -0.4 is 4.74 Å². The molecule has 2 aromatic rings. The van der Waals surface area contributed by atoms with E-state index in [-0.39, 0.29) is 23.2 Å². The number of halogens is 3. The van der Waals surface area contributed by atoms with Crippen molar-refractivity contribution in [2.75, 3.05) is 26.2 Å². The second-order valence-electron chi connectivity index (χ2n) is 10.1. The predicted molar refractivity (Wildman–Crippen MR) is 109 cm³/mol. The van der Waals surface area contributed by atoms with E-state index in [0.717, 1.165) is 38.7 Å². The Morgan fingerprint density at radius 1 is 1.15 bits per heavy atom. The van der Waals surface area contributed by atoms with Crippen molar-refractivity contribution in [1.82, 2.24) is 34.3 Å². The normalized spacial score (nSPS) is 23.8. The fourth-order valence-corrected chi connectivity index (χ4v) is 5.11. The minimum atomic E-state index is -4.42. The van der Waals surface area contributed by atoms with Crippen LogP contribution in [-0.4, -0.2) is 78.8 Å². The van der Waals surface area contributed by atoms with Gasteiger partial charge in [0.05, 0.1) is 24.5 Å². The van der Waals surface area contributed by atoms with Crippen molar-refractivity contribution in [2.45, 2.75) is 62.9 Å². The highest BCUT2D eigenvalue weighted by atomic mass is 19.4. The van der Waals surface area contributed by atoms with Gasteiger partial charge in [-0.05, 0) is 32.6 Å². The third kappa shape index (κ3) is 3.72. The molecule has 1 spiro atoms. The Morgan fingerprint density at radius 3 is 2.55 bits per heavy atom. The summed E-state index contributed by atoms with van der Waals surface area (Å²) in [5.41, 5.74) is 0.208. The third-order valence-corrected chi connectivity index (χ3v) is 7.36. The van der Waals surface area contributed by atoms with Gasteiger partial charge in [0.1, 0.15) is 6.33 Å². The van der Waals surface area contributed by atoms with E-state index >= 15 is 0 Å². The van der Waals surface area contributed by atoms with Gasteiger partial charge in [0.15, 0.2) is 17.7 Å². The van der Waals surface area contributed by atoms with Crippen molar-refractivity contribution >= 4 is 6.03 Å². The summed E-state index contributed by atoms with van der Waals surface area (Å²) in [5, 5.41) is 8.74. The van der Waals surface area contributed by atoms with Crippen LogP contribution in [-0.2, 0) is 0 Å². The third-order valence-electron chi connectivity index (χ3n) is 7.36. The van der Waals surface area contributed by atoms with E-state index in [1.54, 1.807) is 9.58 Å². The first kappa shape index (κ1) is 20.8. The molecular weight excluding hydrogens is 439 g/mol. The molecule has 4 fully saturated rings. The van der Waals surface area contributed by atoms with Crippen LogP contribution in [0.3, 0.4) is 0 Å². The van der Waals surface area contributed by atoms with Crippen LogP contribution in [0.2, 0.25) is 0 Å². The molecule has 1 unspecified atom stereocenters. The van der Waals surface area contributed by atoms with E-state index in [2.05, 4.69) is 15.2 Å². The highest BCUT2D eigenvalue weighted by molar-refractivity contribution is 5.76. The molecule has 4 aliphatic rings. The molecule has 0 aromatic carbocycles. The van der Waals surface area contributed by atoms with Crippen LogP contribution in [0.25, 0.3) is 0 Å². The average molecular weight is 465 g/mol. The lowest BCUT2D eigenvalue weighted by molar-refractivity contribution is -0.189. The average Bonchev–Trinajstić information content (AvgIpc) is 3.21. The number of likely N-dealkylation sites (tertiary alicyclic amines) is 2. The van der Waals surface area contributed by atoms with Gasteiger partial charge in [-0.25, -0.2) is 14.5 Å². The van der Waals surface area contributed by atoms with E-state index in [9.17, 15) is 18.0 Å². The van der Waals surface area contributed by atoms with E-state index in [1.165, 1.54) is 25.2 Å². The number of carbonyl (C=O) groups excluding carboxylic acids is 1. The van der Waals surface area contributed by atoms with Gasteiger partial charge in [-0.1, -0.05) is 0 Å². The molecule has 6 rings (SSSR count). The molecule has 2 saturated carbocycles. The first-order valence-corrected chi connectivity index (χ1v) is 11.4. The molecule has 2 aromatic heterocycles. The van der Waals surface area contributed by atoms with Crippen LogP contribution >= 0.6 is 0 Å². The maximum absolute atomic E-state index is 12.8. The number of alkyl halides is 3. The number of hydrogen-bond donors (Lipinski definition) is 0. The summed E-state index contributed by atoms with van der Waals surface area (Å²) < 4.78 is 46.4. The Kier molecular flexibility index (Phi) is 4.47. The lowest BCUT2D eigenvalue weighted by atomic mass is 9.61. The fraction of sp³-hybridized carbons (Fsp3) is 0.714. The molecule has 2 saturated heterocycles. The van der Waals surface area contributed by atoms with Gasteiger partial charge < -0.3 is 14.5 Å². The van der Waals surface area contributed by atoms with Crippen LogP contribution in [0, 0.1) is 5.41 Å². The minimum Gasteiger partial charge on any atom is -0.478 e. The molecule has 1 atom stereocenters. The second-order valence-corrected chi connectivity index (χ2v) is 10.1. The molecule has 2 aliphatic heterocycles. The summed E-state index contributed by atoms with van der Waals surface area (Å²) in [5.74, 6) is 1.60. The quantitative estimate of drug-likeness (QED) is 0.678. The van der Waals surface area contributed by atoms with Crippen molar-refractivity contribution in [2.24, 2.45) is 5.41 Å². The maximum atomic E-state index is 12.8. The second kappa shape index (κ2) is 7.10. The molecule has 178 valence electrons. The Bertz CT molecular complexity index is 1040. The van der Waals surface area contributed by atoms with Gasteiger partial charge in [0, 0.05) is 37.5 Å². The van der Waals surface area contributed by atoms with E-state index in [4.69, 9.17) is 4.74 Å². The molecular formula is C21H26F3N7O2. The number of hydrogen-bond acceptors (Lipinski definition) is 5. The number of ether oxygens (including phenoxy) is 1. The smallest absolute Gasteiger partial charge is 0.425 e. The maximum Gasteiger partial charge on any atom is 0.425 e. The molecule has 0 radical (unpaired) electrons. The standard InChI is InChI=1S/C21H26F3N7O2/c1-13(21(22,23)24)33-17-6-26-30(9-17)16-7-28(8-16)19(32)29-10-20(11-29)4-15(5-20)31-12-25-18(27-31)14-2-3-14/h6,9,12-16H,2-5,7-8,10-11H2,1H3. The summed E-state index contributed by atoms with van der Waals surface area (Å²) in [4.78, 5) is 20.8. The number of aromatic nitrogens is 5. The van der Waals surface area contributed by atoms with Gasteiger partial charge in [-0.2, -0.15) is 23.4 Å². The van der Waals surface area contributed by atoms with Crippen LogP contribution in [0.5, 0.6) is 5.75 Å². The molecule has 2 amide bonds. The van der Waals surface area contributed by atoms with Crippen molar-refractivity contribution in [3.05, 3.63) is 24.5 Å². The van der Waals surface area contributed by atoms with E-state index < -0.39 is 12.3 Å². The first-order chi connectivity index (χ1) is 15.7. The van der Waals surface area contributed by atoms with Crippen molar-refractivity contribution < 1.29 is 22.7 Å². The summed E-state index contributed by atoms with van der Waals surface area (Å²) in [6.45, 7) is 3.47. The number of rotatable bonds is 5. The molecule has 9 nitrogen and oxygen atoms in total. The lowest BCUT2D eigenvalue weighted by Crippen LogP contribution is -2.67. The Hall–Kier alpha value is -2.79. The van der Waals surface area contributed by atoms with Gasteiger partial charge >= 0.3 is 12.2 Å². The predicted octanol–water partition coefficient (Wildman–Crippen LogP) is 3.00. The molecule has 0 bridgehead atoms. The van der Waals surface area contributed by atoms with Crippen LogP contribution in [0.1, 0.15) is 56.4 Å². The number of amides is 2. The topological polar surface area (TPSA) is 81.3 Å². The molecule has 12 heteroatoms. The van der Waals surface area contributed by atoms with Gasteiger partial charge in [0.25, 0.3) is 0 Å². The Morgan fingerprint density at radius 2 is 1.88 bits per heavy atom. The van der Waals surface area contributed by atoms with Gasteiger partial charge in [-0.3, -0.25) is 4.68 Å². The van der Waals surface area contributed by atoms with Gasteiger partial charge in [-0.15, -0.1) is 0 Å². The van der Waals surface area contributed by atoms with Crippen molar-refractivity contribution in [1.29, 1.82) is 0 Å². The number of nitrogens with zero attached hydrogens (tertiary/aromatic N) is 7. The number of carbonyl (C=O) groups is 1. The Balaban J connectivity index is 0.950. The SMILES string of the molecule is CC(Oc1cnn(C2CN(C(=O)N3CC4(CC(n5cnc(C6CC6)n5)C4)C3)C2)c1)C(F)(F)F. The summed E-state index contributed by atoms with van der Waals surface area (Å²) in [7, 11) is 0.